The molecule has 0 bridgehead atoms. The molecule has 220 valence electrons. The van der Waals surface area contributed by atoms with Gasteiger partial charge in [-0.2, -0.15) is 0 Å². The van der Waals surface area contributed by atoms with E-state index in [1.807, 2.05) is 65.6 Å². The fourth-order valence-electron chi connectivity index (χ4n) is 5.42. The lowest BCUT2D eigenvalue weighted by Crippen LogP contribution is -2.51. The molecule has 0 spiro atoms. The molecule has 1 aliphatic heterocycles. The van der Waals surface area contributed by atoms with Gasteiger partial charge in [-0.1, -0.05) is 66.7 Å². The number of aliphatic hydroxyl groups excluding tert-OH is 1. The Morgan fingerprint density at radius 3 is 2.08 bits per heavy atom. The van der Waals surface area contributed by atoms with Crippen LogP contribution in [0.1, 0.15) is 42.7 Å². The highest BCUT2D eigenvalue weighted by atomic mass is 16.7. The lowest BCUT2D eigenvalue weighted by molar-refractivity contribution is -0.149. The Bertz CT molecular complexity index is 956. The van der Waals surface area contributed by atoms with Gasteiger partial charge in [0.15, 0.2) is 0 Å². The standard InChI is InChI=1S/C32H45NO7/c1-4-11-29(26-14-9-6-10-15-26)31(34)30(18-19-38-20-25-12-7-5-8-13-25)32(35)33-27(21-39-23-36-2)16-17-28(33)22-40-24-37-3/h4-10,12-15,27-31,34H,1,11,16-24H2,2-3H3/t27-,28-,29-,30-,31-/m0/s1. The molecule has 1 fully saturated rings. The maximum Gasteiger partial charge on any atom is 0.229 e. The maximum atomic E-state index is 14.4. The number of hydrogen-bond donors (Lipinski definition) is 1. The molecule has 1 saturated heterocycles. The van der Waals surface area contributed by atoms with Crippen molar-refractivity contribution in [1.29, 1.82) is 0 Å². The number of carbonyl (C=O) groups is 1. The Kier molecular flexibility index (Phi) is 14.3. The smallest absolute Gasteiger partial charge is 0.229 e. The third-order valence-electron chi connectivity index (χ3n) is 7.37. The van der Waals surface area contributed by atoms with Crippen molar-refractivity contribution in [3.05, 3.63) is 84.4 Å². The van der Waals surface area contributed by atoms with Gasteiger partial charge in [-0.05, 0) is 36.8 Å². The highest BCUT2D eigenvalue weighted by Crippen LogP contribution is 2.34. The second-order valence-corrected chi connectivity index (χ2v) is 10.2. The minimum Gasteiger partial charge on any atom is -0.392 e. The predicted octanol–water partition coefficient (Wildman–Crippen LogP) is 4.53. The summed E-state index contributed by atoms with van der Waals surface area (Å²) in [5.41, 5.74) is 2.03. The first-order valence-electron chi connectivity index (χ1n) is 14.0. The van der Waals surface area contributed by atoms with E-state index in [9.17, 15) is 9.90 Å². The molecule has 2 aromatic rings. The zero-order valence-corrected chi connectivity index (χ0v) is 23.9. The molecule has 0 aromatic heterocycles. The van der Waals surface area contributed by atoms with Crippen molar-refractivity contribution in [2.75, 3.05) is 47.6 Å². The number of likely N-dealkylation sites (tertiary alicyclic amines) is 1. The number of methoxy groups -OCH3 is 2. The van der Waals surface area contributed by atoms with Crippen molar-refractivity contribution in [2.45, 2.75) is 56.4 Å². The first kappa shape index (κ1) is 31.9. The number of benzene rings is 2. The monoisotopic (exact) mass is 555 g/mol. The van der Waals surface area contributed by atoms with Gasteiger partial charge in [0, 0.05) is 26.7 Å². The van der Waals surface area contributed by atoms with Gasteiger partial charge in [0.25, 0.3) is 0 Å². The summed E-state index contributed by atoms with van der Waals surface area (Å²) < 4.78 is 27.5. The van der Waals surface area contributed by atoms with E-state index in [0.717, 1.165) is 24.0 Å². The van der Waals surface area contributed by atoms with E-state index in [0.29, 0.717) is 39.3 Å². The number of amides is 1. The SMILES string of the molecule is C=CC[C@@H](c1ccccc1)[C@H](O)[C@H](CCOCc1ccccc1)C(=O)N1[C@H](COCOC)CC[C@H]1COCOC. The summed E-state index contributed by atoms with van der Waals surface area (Å²) in [6.07, 6.45) is 3.33. The topological polar surface area (TPSA) is 86.7 Å². The second-order valence-electron chi connectivity index (χ2n) is 10.2. The van der Waals surface area contributed by atoms with Crippen LogP contribution in [-0.2, 0) is 35.1 Å². The molecule has 0 saturated carbocycles. The van der Waals surface area contributed by atoms with Crippen LogP contribution >= 0.6 is 0 Å². The fourth-order valence-corrected chi connectivity index (χ4v) is 5.42. The van der Waals surface area contributed by atoms with Crippen LogP contribution in [0, 0.1) is 5.92 Å². The molecule has 1 heterocycles. The lowest BCUT2D eigenvalue weighted by atomic mass is 9.81. The molecule has 8 heteroatoms. The van der Waals surface area contributed by atoms with Crippen LogP contribution in [0.15, 0.2) is 73.3 Å². The highest BCUT2D eigenvalue weighted by Gasteiger charge is 2.43. The number of hydrogen-bond acceptors (Lipinski definition) is 7. The number of nitrogens with zero attached hydrogens (tertiary/aromatic N) is 1. The maximum absolute atomic E-state index is 14.4. The van der Waals surface area contributed by atoms with Gasteiger partial charge < -0.3 is 33.7 Å². The van der Waals surface area contributed by atoms with Crippen LogP contribution < -0.4 is 0 Å². The summed E-state index contributed by atoms with van der Waals surface area (Å²) in [6, 6.07) is 19.5. The summed E-state index contributed by atoms with van der Waals surface area (Å²) in [5, 5.41) is 11.8. The molecule has 0 aliphatic carbocycles. The molecule has 0 unspecified atom stereocenters. The number of carbonyl (C=O) groups excluding carboxylic acids is 1. The average molecular weight is 556 g/mol. The minimum atomic E-state index is -0.935. The molecule has 2 aromatic carbocycles. The van der Waals surface area contributed by atoms with Crippen LogP contribution in [0.3, 0.4) is 0 Å². The Balaban J connectivity index is 1.83. The Morgan fingerprint density at radius 1 is 0.950 bits per heavy atom. The molecule has 1 aliphatic rings. The van der Waals surface area contributed by atoms with Crippen LogP contribution in [0.5, 0.6) is 0 Å². The molecule has 8 nitrogen and oxygen atoms in total. The van der Waals surface area contributed by atoms with Gasteiger partial charge in [-0.3, -0.25) is 4.79 Å². The van der Waals surface area contributed by atoms with Crippen molar-refractivity contribution >= 4 is 5.91 Å². The number of allylic oxidation sites excluding steroid dienone is 1. The van der Waals surface area contributed by atoms with Gasteiger partial charge in [0.05, 0.1) is 43.9 Å². The molecular weight excluding hydrogens is 510 g/mol. The van der Waals surface area contributed by atoms with Gasteiger partial charge >= 0.3 is 0 Å². The zero-order valence-electron chi connectivity index (χ0n) is 23.9. The van der Waals surface area contributed by atoms with E-state index in [1.165, 1.54) is 0 Å². The zero-order chi connectivity index (χ0) is 28.6. The molecule has 1 amide bonds. The van der Waals surface area contributed by atoms with E-state index >= 15 is 0 Å². The molecular formula is C32H45NO7. The predicted molar refractivity (Wildman–Crippen MR) is 154 cm³/mol. The summed E-state index contributed by atoms with van der Waals surface area (Å²) in [5.74, 6) is -1.08. The van der Waals surface area contributed by atoms with Crippen LogP contribution in [0.2, 0.25) is 0 Å². The number of aliphatic hydroxyl groups is 1. The van der Waals surface area contributed by atoms with Crippen LogP contribution in [0.4, 0.5) is 0 Å². The fraction of sp³-hybridized carbons (Fsp3) is 0.531. The van der Waals surface area contributed by atoms with Crippen molar-refractivity contribution in [2.24, 2.45) is 5.92 Å². The van der Waals surface area contributed by atoms with Crippen molar-refractivity contribution in [3.8, 4) is 0 Å². The highest BCUT2D eigenvalue weighted by molar-refractivity contribution is 5.80. The third-order valence-corrected chi connectivity index (χ3v) is 7.37. The number of ether oxygens (including phenoxy) is 5. The summed E-state index contributed by atoms with van der Waals surface area (Å²) >= 11 is 0. The van der Waals surface area contributed by atoms with Gasteiger partial charge in [0.1, 0.15) is 13.6 Å². The van der Waals surface area contributed by atoms with E-state index in [-0.39, 0.29) is 37.5 Å². The molecule has 0 radical (unpaired) electrons. The van der Waals surface area contributed by atoms with E-state index in [1.54, 1.807) is 20.3 Å². The first-order valence-corrected chi connectivity index (χ1v) is 14.0. The third kappa shape index (κ3) is 9.51. The second kappa shape index (κ2) is 18.0. The van der Waals surface area contributed by atoms with Crippen molar-refractivity contribution in [3.63, 3.8) is 0 Å². The van der Waals surface area contributed by atoms with E-state index in [2.05, 4.69) is 6.58 Å². The van der Waals surface area contributed by atoms with E-state index in [4.69, 9.17) is 23.7 Å². The lowest BCUT2D eigenvalue weighted by Gasteiger charge is -2.37. The van der Waals surface area contributed by atoms with Crippen LogP contribution in [-0.4, -0.2) is 81.7 Å². The summed E-state index contributed by atoms with van der Waals surface area (Å²) in [6.45, 7) is 5.70. The van der Waals surface area contributed by atoms with Crippen molar-refractivity contribution < 1.29 is 33.6 Å². The number of rotatable bonds is 19. The molecule has 1 N–H and O–H groups in total. The first-order chi connectivity index (χ1) is 19.6. The quantitative estimate of drug-likeness (QED) is 0.155. The van der Waals surface area contributed by atoms with Crippen molar-refractivity contribution in [1.82, 2.24) is 4.90 Å². The average Bonchev–Trinajstić information content (AvgIpc) is 3.39. The summed E-state index contributed by atoms with van der Waals surface area (Å²) in [4.78, 5) is 16.3. The largest absolute Gasteiger partial charge is 0.392 e. The molecule has 5 atom stereocenters. The molecule has 40 heavy (non-hydrogen) atoms. The van der Waals surface area contributed by atoms with Gasteiger partial charge in [-0.25, -0.2) is 0 Å². The summed E-state index contributed by atoms with van der Waals surface area (Å²) in [7, 11) is 3.15. The van der Waals surface area contributed by atoms with Gasteiger partial charge in [-0.15, -0.1) is 6.58 Å². The normalized spacial score (nSPS) is 19.3. The minimum absolute atomic E-state index is 0.115. The van der Waals surface area contributed by atoms with Gasteiger partial charge in [0.2, 0.25) is 5.91 Å². The Labute approximate surface area is 238 Å². The Hall–Kier alpha value is -2.59. The molecule has 3 rings (SSSR count). The van der Waals surface area contributed by atoms with E-state index < -0.39 is 12.0 Å². The Morgan fingerprint density at radius 2 is 1.52 bits per heavy atom. The van der Waals surface area contributed by atoms with Crippen LogP contribution in [0.25, 0.3) is 0 Å².